The van der Waals surface area contributed by atoms with Crippen molar-refractivity contribution in [2.75, 3.05) is 5.73 Å². The molecule has 0 aliphatic carbocycles. The molecule has 5 N–H and O–H groups in total. The van der Waals surface area contributed by atoms with Gasteiger partial charge in [0.1, 0.15) is 11.9 Å². The molecule has 70 valence electrons. The summed E-state index contributed by atoms with van der Waals surface area (Å²) in [7, 11) is 0. The minimum Gasteiger partial charge on any atom is -0.480 e. The molecule has 5 nitrogen and oxygen atoms in total. The van der Waals surface area contributed by atoms with E-state index in [2.05, 4.69) is 4.98 Å². The third-order valence-corrected chi connectivity index (χ3v) is 1.68. The number of carbonyl (C=O) groups is 1. The summed E-state index contributed by atoms with van der Waals surface area (Å²) < 4.78 is 0. The van der Waals surface area contributed by atoms with Gasteiger partial charge in [-0.2, -0.15) is 0 Å². The van der Waals surface area contributed by atoms with E-state index in [1.54, 1.807) is 18.3 Å². The zero-order chi connectivity index (χ0) is 9.84. The number of aromatic nitrogens is 1. The lowest BCUT2D eigenvalue weighted by molar-refractivity contribution is -0.138. The second-order valence-corrected chi connectivity index (χ2v) is 2.70. The fourth-order valence-corrected chi connectivity index (χ4v) is 0.948. The molecule has 0 fully saturated rings. The minimum absolute atomic E-state index is 0.203. The Morgan fingerprint density at radius 2 is 2.38 bits per heavy atom. The number of anilines is 1. The van der Waals surface area contributed by atoms with Gasteiger partial charge in [-0.1, -0.05) is 6.07 Å². The molecule has 13 heavy (non-hydrogen) atoms. The number of carboxylic acid groups (broad SMARTS) is 1. The van der Waals surface area contributed by atoms with Crippen molar-refractivity contribution in [3.05, 3.63) is 23.9 Å². The monoisotopic (exact) mass is 181 g/mol. The van der Waals surface area contributed by atoms with Crippen molar-refractivity contribution in [1.82, 2.24) is 4.98 Å². The fraction of sp³-hybridized carbons (Fsp3) is 0.250. The lowest BCUT2D eigenvalue weighted by atomic mass is 10.1. The maximum Gasteiger partial charge on any atom is 0.320 e. The van der Waals surface area contributed by atoms with Crippen LogP contribution in [-0.2, 0) is 11.2 Å². The number of nitrogen functional groups attached to an aromatic ring is 1. The molecule has 0 saturated heterocycles. The maximum absolute atomic E-state index is 10.4. The van der Waals surface area contributed by atoms with E-state index < -0.39 is 12.0 Å². The molecule has 0 spiro atoms. The molecule has 0 aromatic carbocycles. The van der Waals surface area contributed by atoms with Crippen molar-refractivity contribution in [2.24, 2.45) is 5.73 Å². The molecule has 0 aliphatic heterocycles. The predicted octanol–water partition coefficient (Wildman–Crippen LogP) is -0.382. The molecule has 0 radical (unpaired) electrons. The second-order valence-electron chi connectivity index (χ2n) is 2.70. The van der Waals surface area contributed by atoms with Crippen molar-refractivity contribution in [1.29, 1.82) is 0 Å². The van der Waals surface area contributed by atoms with Gasteiger partial charge in [0.25, 0.3) is 0 Å². The summed E-state index contributed by atoms with van der Waals surface area (Å²) in [6, 6.07) is 2.48. The molecule has 0 bridgehead atoms. The lowest BCUT2D eigenvalue weighted by Crippen LogP contribution is -2.32. The largest absolute Gasteiger partial charge is 0.480 e. The van der Waals surface area contributed by atoms with Crippen molar-refractivity contribution in [3.63, 3.8) is 0 Å². The molecule has 0 unspecified atom stereocenters. The third kappa shape index (κ3) is 2.41. The standard InChI is InChI=1S/C8H11N3O2/c9-6(8(12)13)4-5-2-1-3-11-7(5)10/h1-3,6H,4,9H2,(H2,10,11)(H,12,13)/t6-/m0/s1. The summed E-state index contributed by atoms with van der Waals surface area (Å²) in [6.45, 7) is 0. The third-order valence-electron chi connectivity index (χ3n) is 1.68. The number of pyridine rings is 1. The van der Waals surface area contributed by atoms with Crippen molar-refractivity contribution < 1.29 is 9.90 Å². The Kier molecular flexibility index (Phi) is 2.81. The van der Waals surface area contributed by atoms with Crippen LogP contribution < -0.4 is 11.5 Å². The van der Waals surface area contributed by atoms with Gasteiger partial charge in [-0.25, -0.2) is 4.98 Å². The van der Waals surface area contributed by atoms with Crippen LogP contribution in [0.15, 0.2) is 18.3 Å². The van der Waals surface area contributed by atoms with Crippen LogP contribution in [0, 0.1) is 0 Å². The molecule has 1 rings (SSSR count). The summed E-state index contributed by atoms with van der Waals surface area (Å²) in [5, 5.41) is 8.55. The van der Waals surface area contributed by atoms with E-state index in [1.165, 1.54) is 0 Å². The first kappa shape index (κ1) is 9.47. The second kappa shape index (κ2) is 3.86. The lowest BCUT2D eigenvalue weighted by Gasteiger charge is -2.07. The van der Waals surface area contributed by atoms with E-state index in [-0.39, 0.29) is 6.42 Å². The SMILES string of the molecule is Nc1ncccc1C[C@H](N)C(=O)O. The van der Waals surface area contributed by atoms with Gasteiger partial charge in [-0.15, -0.1) is 0 Å². The van der Waals surface area contributed by atoms with Gasteiger partial charge in [0.05, 0.1) is 0 Å². The van der Waals surface area contributed by atoms with Gasteiger partial charge in [0.15, 0.2) is 0 Å². The molecule has 0 amide bonds. The molecule has 5 heteroatoms. The Morgan fingerprint density at radius 3 is 2.92 bits per heavy atom. The predicted molar refractivity (Wildman–Crippen MR) is 48.0 cm³/mol. The summed E-state index contributed by atoms with van der Waals surface area (Å²) >= 11 is 0. The first-order valence-electron chi connectivity index (χ1n) is 3.79. The van der Waals surface area contributed by atoms with Crippen LogP contribution in [-0.4, -0.2) is 22.1 Å². The van der Waals surface area contributed by atoms with Crippen LogP contribution in [0.2, 0.25) is 0 Å². The van der Waals surface area contributed by atoms with Crippen LogP contribution in [0.4, 0.5) is 5.82 Å². The molecule has 1 heterocycles. The van der Waals surface area contributed by atoms with Gasteiger partial charge in [-0.05, 0) is 11.6 Å². The van der Waals surface area contributed by atoms with Gasteiger partial charge >= 0.3 is 5.97 Å². The van der Waals surface area contributed by atoms with E-state index in [0.717, 1.165) is 0 Å². The van der Waals surface area contributed by atoms with Gasteiger partial charge in [-0.3, -0.25) is 4.79 Å². The smallest absolute Gasteiger partial charge is 0.320 e. The van der Waals surface area contributed by atoms with Crippen LogP contribution in [0.3, 0.4) is 0 Å². The highest BCUT2D eigenvalue weighted by Crippen LogP contribution is 2.08. The van der Waals surface area contributed by atoms with Gasteiger partial charge in [0, 0.05) is 12.6 Å². The Morgan fingerprint density at radius 1 is 1.69 bits per heavy atom. The Balaban J connectivity index is 2.74. The average molecular weight is 181 g/mol. The zero-order valence-electron chi connectivity index (χ0n) is 6.97. The number of nitrogens with zero attached hydrogens (tertiary/aromatic N) is 1. The molecule has 0 aliphatic rings. The number of aliphatic carboxylic acids is 1. The highest BCUT2D eigenvalue weighted by Gasteiger charge is 2.13. The number of nitrogens with two attached hydrogens (primary N) is 2. The molecule has 1 aromatic heterocycles. The van der Waals surface area contributed by atoms with Crippen LogP contribution in [0.1, 0.15) is 5.56 Å². The van der Waals surface area contributed by atoms with E-state index in [4.69, 9.17) is 16.6 Å². The maximum atomic E-state index is 10.4. The number of hydrogen-bond acceptors (Lipinski definition) is 4. The Bertz CT molecular complexity index is 314. The molecular formula is C8H11N3O2. The quantitative estimate of drug-likeness (QED) is 0.589. The average Bonchev–Trinajstić information content (AvgIpc) is 2.08. The Hall–Kier alpha value is -1.62. The molecule has 0 saturated carbocycles. The summed E-state index contributed by atoms with van der Waals surface area (Å²) in [6.07, 6.45) is 1.75. The highest BCUT2D eigenvalue weighted by atomic mass is 16.4. The van der Waals surface area contributed by atoms with E-state index in [1.807, 2.05) is 0 Å². The number of rotatable bonds is 3. The molecule has 1 aromatic rings. The van der Waals surface area contributed by atoms with Gasteiger partial charge < -0.3 is 16.6 Å². The van der Waals surface area contributed by atoms with Gasteiger partial charge in [0.2, 0.25) is 0 Å². The van der Waals surface area contributed by atoms with E-state index in [0.29, 0.717) is 11.4 Å². The summed E-state index contributed by atoms with van der Waals surface area (Å²) in [5.41, 5.74) is 11.5. The number of carboxylic acids is 1. The molecular weight excluding hydrogens is 170 g/mol. The first-order valence-corrected chi connectivity index (χ1v) is 3.79. The van der Waals surface area contributed by atoms with Crippen molar-refractivity contribution in [3.8, 4) is 0 Å². The minimum atomic E-state index is -1.04. The Labute approximate surface area is 75.4 Å². The molecule has 1 atom stereocenters. The van der Waals surface area contributed by atoms with Crippen LogP contribution in [0.5, 0.6) is 0 Å². The van der Waals surface area contributed by atoms with Crippen LogP contribution in [0.25, 0.3) is 0 Å². The summed E-state index contributed by atoms with van der Waals surface area (Å²) in [4.78, 5) is 14.2. The topological polar surface area (TPSA) is 102 Å². The fourth-order valence-electron chi connectivity index (χ4n) is 0.948. The number of hydrogen-bond donors (Lipinski definition) is 3. The van der Waals surface area contributed by atoms with Crippen molar-refractivity contribution in [2.45, 2.75) is 12.5 Å². The summed E-state index contributed by atoms with van der Waals surface area (Å²) in [5.74, 6) is -0.706. The highest BCUT2D eigenvalue weighted by molar-refractivity contribution is 5.73. The van der Waals surface area contributed by atoms with E-state index >= 15 is 0 Å². The van der Waals surface area contributed by atoms with Crippen molar-refractivity contribution >= 4 is 11.8 Å². The van der Waals surface area contributed by atoms with Crippen LogP contribution >= 0.6 is 0 Å². The van der Waals surface area contributed by atoms with E-state index in [9.17, 15) is 4.79 Å². The normalized spacial score (nSPS) is 12.4. The first-order chi connectivity index (χ1) is 6.11. The zero-order valence-corrected chi connectivity index (χ0v) is 6.97.